The quantitative estimate of drug-likeness (QED) is 0.860. The number of thiophene rings is 1. The molecule has 112 valence electrons. The molecule has 5 nitrogen and oxygen atoms in total. The van der Waals surface area contributed by atoms with Crippen molar-refractivity contribution < 1.29 is 14.7 Å². The Labute approximate surface area is 127 Å². The van der Waals surface area contributed by atoms with Gasteiger partial charge in [-0.3, -0.25) is 9.59 Å². The average molecular weight is 306 g/mol. The molecule has 0 aliphatic rings. The largest absolute Gasteiger partial charge is 0.480 e. The van der Waals surface area contributed by atoms with E-state index in [0.29, 0.717) is 5.69 Å². The van der Waals surface area contributed by atoms with Gasteiger partial charge in [0.1, 0.15) is 12.2 Å². The van der Waals surface area contributed by atoms with Crippen LogP contribution in [0.3, 0.4) is 0 Å². The molecule has 0 saturated carbocycles. The monoisotopic (exact) mass is 306 g/mol. The molecular weight excluding hydrogens is 288 g/mol. The Morgan fingerprint density at radius 2 is 2.14 bits per heavy atom. The predicted molar refractivity (Wildman–Crippen MR) is 81.8 cm³/mol. The molecule has 2 rings (SSSR count). The van der Waals surface area contributed by atoms with Gasteiger partial charge in [0, 0.05) is 28.4 Å². The molecule has 0 spiro atoms. The number of rotatable bonds is 6. The van der Waals surface area contributed by atoms with Gasteiger partial charge in [0.05, 0.1) is 0 Å². The second-order valence-electron chi connectivity index (χ2n) is 5.01. The summed E-state index contributed by atoms with van der Waals surface area (Å²) in [6.45, 7) is 3.78. The summed E-state index contributed by atoms with van der Waals surface area (Å²) in [6.07, 6.45) is 2.36. The molecule has 0 radical (unpaired) electrons. The van der Waals surface area contributed by atoms with E-state index in [2.05, 4.69) is 24.4 Å². The SMILES string of the molecule is Cc1ccc(CC(C)NC(=O)c2cccn2CC(=O)O)s1. The third-order valence-corrected chi connectivity index (χ3v) is 4.07. The van der Waals surface area contributed by atoms with Gasteiger partial charge in [-0.05, 0) is 38.1 Å². The molecule has 2 aromatic rings. The predicted octanol–water partition coefficient (Wildman–Crippen LogP) is 2.30. The van der Waals surface area contributed by atoms with Gasteiger partial charge in [0.25, 0.3) is 5.91 Å². The number of nitrogens with one attached hydrogen (secondary N) is 1. The lowest BCUT2D eigenvalue weighted by molar-refractivity contribution is -0.137. The molecule has 0 aliphatic carbocycles. The van der Waals surface area contributed by atoms with Crippen molar-refractivity contribution in [3.05, 3.63) is 45.9 Å². The van der Waals surface area contributed by atoms with Gasteiger partial charge < -0.3 is 15.0 Å². The number of carbonyl (C=O) groups is 2. The van der Waals surface area contributed by atoms with Crippen LogP contribution in [0.25, 0.3) is 0 Å². The van der Waals surface area contributed by atoms with Crippen molar-refractivity contribution >= 4 is 23.2 Å². The van der Waals surface area contributed by atoms with Gasteiger partial charge in [0.15, 0.2) is 0 Å². The first-order valence-corrected chi connectivity index (χ1v) is 7.50. The molecule has 2 heterocycles. The summed E-state index contributed by atoms with van der Waals surface area (Å²) in [5.41, 5.74) is 0.367. The highest BCUT2D eigenvalue weighted by Crippen LogP contribution is 2.16. The molecule has 1 atom stereocenters. The van der Waals surface area contributed by atoms with Crippen LogP contribution in [0.5, 0.6) is 0 Å². The normalized spacial score (nSPS) is 12.1. The summed E-state index contributed by atoms with van der Waals surface area (Å²) in [5.74, 6) is -1.22. The van der Waals surface area contributed by atoms with Crippen LogP contribution in [0.2, 0.25) is 0 Å². The number of carboxylic acids is 1. The van der Waals surface area contributed by atoms with Crippen LogP contribution in [0.15, 0.2) is 30.5 Å². The van der Waals surface area contributed by atoms with Gasteiger partial charge in [0.2, 0.25) is 0 Å². The lowest BCUT2D eigenvalue weighted by Crippen LogP contribution is -2.35. The summed E-state index contributed by atoms with van der Waals surface area (Å²) in [6, 6.07) is 7.41. The number of aryl methyl sites for hydroxylation is 1. The zero-order valence-electron chi connectivity index (χ0n) is 12.0. The van der Waals surface area contributed by atoms with E-state index in [9.17, 15) is 9.59 Å². The summed E-state index contributed by atoms with van der Waals surface area (Å²) in [5, 5.41) is 11.7. The van der Waals surface area contributed by atoms with E-state index in [1.807, 2.05) is 6.92 Å². The number of amides is 1. The van der Waals surface area contributed by atoms with Crippen LogP contribution in [0.4, 0.5) is 0 Å². The van der Waals surface area contributed by atoms with Gasteiger partial charge in [-0.15, -0.1) is 11.3 Å². The molecule has 0 aromatic carbocycles. The van der Waals surface area contributed by atoms with Gasteiger partial charge in [-0.2, -0.15) is 0 Å². The van der Waals surface area contributed by atoms with Crippen molar-refractivity contribution in [3.8, 4) is 0 Å². The molecule has 1 unspecified atom stereocenters. The first-order chi connectivity index (χ1) is 9.95. The number of hydrogen-bond acceptors (Lipinski definition) is 3. The highest BCUT2D eigenvalue weighted by Gasteiger charge is 2.15. The van der Waals surface area contributed by atoms with E-state index in [0.717, 1.165) is 6.42 Å². The van der Waals surface area contributed by atoms with Gasteiger partial charge in [-0.25, -0.2) is 0 Å². The number of carbonyl (C=O) groups excluding carboxylic acids is 1. The number of hydrogen-bond donors (Lipinski definition) is 2. The van der Waals surface area contributed by atoms with Crippen molar-refractivity contribution in [1.82, 2.24) is 9.88 Å². The van der Waals surface area contributed by atoms with Crippen LogP contribution in [-0.4, -0.2) is 27.6 Å². The van der Waals surface area contributed by atoms with Crippen LogP contribution >= 0.6 is 11.3 Å². The zero-order chi connectivity index (χ0) is 15.4. The smallest absolute Gasteiger partial charge is 0.323 e. The van der Waals surface area contributed by atoms with E-state index in [1.54, 1.807) is 29.7 Å². The molecule has 6 heteroatoms. The first kappa shape index (κ1) is 15.3. The fourth-order valence-electron chi connectivity index (χ4n) is 2.15. The topological polar surface area (TPSA) is 71.3 Å². The van der Waals surface area contributed by atoms with E-state index in [1.165, 1.54) is 14.3 Å². The Morgan fingerprint density at radius 1 is 1.38 bits per heavy atom. The molecule has 1 amide bonds. The first-order valence-electron chi connectivity index (χ1n) is 6.69. The van der Waals surface area contributed by atoms with E-state index >= 15 is 0 Å². The molecule has 2 N–H and O–H groups in total. The third-order valence-electron chi connectivity index (χ3n) is 3.05. The van der Waals surface area contributed by atoms with Crippen LogP contribution in [0.1, 0.15) is 27.2 Å². The number of nitrogens with zero attached hydrogens (tertiary/aromatic N) is 1. The fraction of sp³-hybridized carbons (Fsp3) is 0.333. The summed E-state index contributed by atoms with van der Waals surface area (Å²) in [4.78, 5) is 25.4. The Morgan fingerprint density at radius 3 is 2.76 bits per heavy atom. The van der Waals surface area contributed by atoms with Gasteiger partial charge in [-0.1, -0.05) is 0 Å². The third kappa shape index (κ3) is 4.19. The van der Waals surface area contributed by atoms with Crippen molar-refractivity contribution in [2.75, 3.05) is 0 Å². The Kier molecular flexibility index (Phi) is 4.80. The summed E-state index contributed by atoms with van der Waals surface area (Å²) in [7, 11) is 0. The van der Waals surface area contributed by atoms with E-state index in [-0.39, 0.29) is 18.5 Å². The Bertz CT molecular complexity index is 645. The lowest BCUT2D eigenvalue weighted by Gasteiger charge is -2.14. The average Bonchev–Trinajstić information content (AvgIpc) is 2.97. The number of aliphatic carboxylic acids is 1. The Balaban J connectivity index is 1.97. The van der Waals surface area contributed by atoms with Gasteiger partial charge >= 0.3 is 5.97 Å². The molecule has 0 saturated heterocycles. The standard InChI is InChI=1S/C15H18N2O3S/c1-10(8-12-6-5-11(2)21-12)16-15(20)13-4-3-7-17(13)9-14(18)19/h3-7,10H,8-9H2,1-2H3,(H,16,20)(H,18,19). The zero-order valence-corrected chi connectivity index (χ0v) is 12.8. The number of carboxylic acid groups (broad SMARTS) is 1. The maximum atomic E-state index is 12.2. The highest BCUT2D eigenvalue weighted by molar-refractivity contribution is 7.11. The minimum Gasteiger partial charge on any atom is -0.480 e. The van der Waals surface area contributed by atoms with Crippen molar-refractivity contribution in [3.63, 3.8) is 0 Å². The molecule has 0 aliphatic heterocycles. The van der Waals surface area contributed by atoms with Crippen molar-refractivity contribution in [2.45, 2.75) is 32.9 Å². The molecule has 0 fully saturated rings. The fourth-order valence-corrected chi connectivity index (χ4v) is 3.17. The maximum Gasteiger partial charge on any atom is 0.323 e. The van der Waals surface area contributed by atoms with E-state index in [4.69, 9.17) is 5.11 Å². The lowest BCUT2D eigenvalue weighted by atomic mass is 10.2. The molecule has 0 bridgehead atoms. The summed E-state index contributed by atoms with van der Waals surface area (Å²) < 4.78 is 1.43. The number of aromatic nitrogens is 1. The van der Waals surface area contributed by atoms with E-state index < -0.39 is 5.97 Å². The second-order valence-corrected chi connectivity index (χ2v) is 6.38. The summed E-state index contributed by atoms with van der Waals surface area (Å²) >= 11 is 1.72. The van der Waals surface area contributed by atoms with Crippen molar-refractivity contribution in [1.29, 1.82) is 0 Å². The molecular formula is C15H18N2O3S. The minimum absolute atomic E-state index is 0.0104. The van der Waals surface area contributed by atoms with Crippen LogP contribution in [0, 0.1) is 6.92 Å². The van der Waals surface area contributed by atoms with Crippen molar-refractivity contribution in [2.24, 2.45) is 0 Å². The molecule has 2 aromatic heterocycles. The Hall–Kier alpha value is -2.08. The van der Waals surface area contributed by atoms with Crippen LogP contribution in [-0.2, 0) is 17.8 Å². The highest BCUT2D eigenvalue weighted by atomic mass is 32.1. The van der Waals surface area contributed by atoms with Crippen LogP contribution < -0.4 is 5.32 Å². The minimum atomic E-state index is -0.970. The molecule has 21 heavy (non-hydrogen) atoms. The maximum absolute atomic E-state index is 12.2. The second kappa shape index (κ2) is 6.58.